The van der Waals surface area contributed by atoms with Crippen molar-refractivity contribution in [3.8, 4) is 11.3 Å². The Morgan fingerprint density at radius 2 is 1.97 bits per heavy atom. The van der Waals surface area contributed by atoms with Crippen LogP contribution in [0.3, 0.4) is 0 Å². The minimum atomic E-state index is -0.567. The number of amidine groups is 1. The van der Waals surface area contributed by atoms with Gasteiger partial charge in [0.2, 0.25) is 5.95 Å². The maximum atomic E-state index is 12.7. The molecule has 2 heterocycles. The molecule has 3 aromatic rings. The Balaban J connectivity index is 1.58. The maximum Gasteiger partial charge on any atom is 0.410 e. The highest BCUT2D eigenvalue weighted by molar-refractivity contribution is 7.14. The minimum absolute atomic E-state index is 0.220. The van der Waals surface area contributed by atoms with Crippen molar-refractivity contribution in [2.45, 2.75) is 65.1 Å². The number of carbonyl (C=O) groups is 1. The fraction of sp³-hybridized carbons (Fsp3) is 0.429. The number of benzene rings is 1. The number of amides is 1. The summed E-state index contributed by atoms with van der Waals surface area (Å²) in [5, 5.41) is 3.54. The molecule has 37 heavy (non-hydrogen) atoms. The lowest BCUT2D eigenvalue weighted by Gasteiger charge is -2.25. The first-order valence-electron chi connectivity index (χ1n) is 12.6. The summed E-state index contributed by atoms with van der Waals surface area (Å²) < 4.78 is 5.57. The van der Waals surface area contributed by atoms with Crippen LogP contribution < -0.4 is 11.1 Å². The molecule has 0 saturated carbocycles. The summed E-state index contributed by atoms with van der Waals surface area (Å²) in [5.41, 5.74) is 10.4. The number of aryl methyl sites for hydroxylation is 2. The van der Waals surface area contributed by atoms with Crippen LogP contribution in [0.5, 0.6) is 0 Å². The molecule has 0 fully saturated rings. The first-order valence-corrected chi connectivity index (χ1v) is 13.4. The molecule has 0 saturated heterocycles. The number of carbonyl (C=O) groups excluding carboxylic acids is 1. The summed E-state index contributed by atoms with van der Waals surface area (Å²) in [5.74, 6) is 1.11. The van der Waals surface area contributed by atoms with Crippen molar-refractivity contribution >= 4 is 29.2 Å². The molecular formula is C28H36N6O2S. The SMILES string of the molecule is CN=C(NCc1ccc(-c2ccnc(N)n2)cc1CN(C)C(=O)OC(C)(C)C)c1cc2c(s1)CCCC2. The Morgan fingerprint density at radius 1 is 1.19 bits per heavy atom. The molecule has 0 unspecified atom stereocenters. The largest absolute Gasteiger partial charge is 0.444 e. The van der Waals surface area contributed by atoms with E-state index in [2.05, 4.69) is 32.4 Å². The second kappa shape index (κ2) is 11.3. The van der Waals surface area contributed by atoms with Crippen molar-refractivity contribution in [3.05, 3.63) is 63.0 Å². The number of thiophene rings is 1. The van der Waals surface area contributed by atoms with Gasteiger partial charge in [-0.2, -0.15) is 0 Å². The van der Waals surface area contributed by atoms with E-state index in [1.165, 1.54) is 28.2 Å². The number of nitrogens with one attached hydrogen (secondary N) is 1. The Hall–Kier alpha value is -3.46. The van der Waals surface area contributed by atoms with Crippen LogP contribution in [0.2, 0.25) is 0 Å². The van der Waals surface area contributed by atoms with Crippen LogP contribution in [0.25, 0.3) is 11.3 Å². The van der Waals surface area contributed by atoms with Crippen LogP contribution >= 0.6 is 11.3 Å². The average Bonchev–Trinajstić information content (AvgIpc) is 3.28. The highest BCUT2D eigenvalue weighted by Crippen LogP contribution is 2.30. The molecule has 196 valence electrons. The summed E-state index contributed by atoms with van der Waals surface area (Å²) in [4.78, 5) is 29.9. The molecule has 0 radical (unpaired) electrons. The number of hydrogen-bond donors (Lipinski definition) is 2. The predicted molar refractivity (Wildman–Crippen MR) is 150 cm³/mol. The van der Waals surface area contributed by atoms with Crippen LogP contribution in [-0.4, -0.2) is 46.5 Å². The zero-order valence-electron chi connectivity index (χ0n) is 22.3. The molecule has 0 bridgehead atoms. The second-order valence-electron chi connectivity index (χ2n) is 10.3. The number of ether oxygens (including phenoxy) is 1. The lowest BCUT2D eigenvalue weighted by Crippen LogP contribution is -2.34. The third kappa shape index (κ3) is 6.85. The number of nitrogens with two attached hydrogens (primary N) is 1. The van der Waals surface area contributed by atoms with E-state index in [-0.39, 0.29) is 12.0 Å². The molecule has 1 aliphatic carbocycles. The van der Waals surface area contributed by atoms with Gasteiger partial charge in [0.1, 0.15) is 11.4 Å². The van der Waals surface area contributed by atoms with Crippen molar-refractivity contribution in [1.82, 2.24) is 20.2 Å². The third-order valence-corrected chi connectivity index (χ3v) is 7.43. The molecule has 9 heteroatoms. The monoisotopic (exact) mass is 520 g/mol. The van der Waals surface area contributed by atoms with Gasteiger partial charge in [0.25, 0.3) is 0 Å². The quantitative estimate of drug-likeness (QED) is 0.342. The number of hydrogen-bond acceptors (Lipinski definition) is 7. The molecule has 0 spiro atoms. The maximum absolute atomic E-state index is 12.7. The number of fused-ring (bicyclic) bond motifs is 1. The molecule has 0 aliphatic heterocycles. The van der Waals surface area contributed by atoms with E-state index in [1.807, 2.05) is 57.4 Å². The standard InChI is InChI=1S/C28H36N6O2S/c1-28(2,3)36-27(35)34(5)17-21-14-18(22-12-13-31-26(29)33-22)10-11-20(21)16-32-25(30-4)24-15-19-8-6-7-9-23(19)37-24/h10-15H,6-9,16-17H2,1-5H3,(H,30,32)(H2,29,31,33). The summed E-state index contributed by atoms with van der Waals surface area (Å²) in [7, 11) is 3.57. The zero-order valence-corrected chi connectivity index (χ0v) is 23.1. The fourth-order valence-electron chi connectivity index (χ4n) is 4.36. The first kappa shape index (κ1) is 26.6. The molecule has 1 amide bonds. The fourth-order valence-corrected chi connectivity index (χ4v) is 5.63. The van der Waals surface area contributed by atoms with Crippen molar-refractivity contribution < 1.29 is 9.53 Å². The average molecular weight is 521 g/mol. The van der Waals surface area contributed by atoms with Crippen LogP contribution in [0.1, 0.15) is 60.1 Å². The summed E-state index contributed by atoms with van der Waals surface area (Å²) >= 11 is 1.84. The molecular weight excluding hydrogens is 484 g/mol. The Bertz CT molecular complexity index is 1270. The molecule has 1 aromatic carbocycles. The van der Waals surface area contributed by atoms with Crippen LogP contribution in [0, 0.1) is 0 Å². The molecule has 3 N–H and O–H groups in total. The number of aromatic nitrogens is 2. The third-order valence-electron chi connectivity index (χ3n) is 6.19. The van der Waals surface area contributed by atoms with E-state index in [1.54, 1.807) is 18.1 Å². The summed E-state index contributed by atoms with van der Waals surface area (Å²) in [6.45, 7) is 6.54. The van der Waals surface area contributed by atoms with Gasteiger partial charge < -0.3 is 20.7 Å². The number of aliphatic imine (C=N–C) groups is 1. The molecule has 2 aromatic heterocycles. The lowest BCUT2D eigenvalue weighted by atomic mass is 9.99. The van der Waals surface area contributed by atoms with E-state index in [0.717, 1.165) is 41.1 Å². The van der Waals surface area contributed by atoms with Gasteiger partial charge in [-0.1, -0.05) is 12.1 Å². The summed E-state index contributed by atoms with van der Waals surface area (Å²) in [6.07, 6.45) is 6.10. The first-order chi connectivity index (χ1) is 17.6. The normalized spacial score (nSPS) is 13.7. The van der Waals surface area contributed by atoms with Gasteiger partial charge >= 0.3 is 6.09 Å². The van der Waals surface area contributed by atoms with Gasteiger partial charge in [-0.15, -0.1) is 11.3 Å². The highest BCUT2D eigenvalue weighted by Gasteiger charge is 2.21. The Kier molecular flexibility index (Phi) is 8.12. The molecule has 8 nitrogen and oxygen atoms in total. The molecule has 0 atom stereocenters. The van der Waals surface area contributed by atoms with Gasteiger partial charge in [-0.05, 0) is 81.3 Å². The predicted octanol–water partition coefficient (Wildman–Crippen LogP) is 5.20. The topological polar surface area (TPSA) is 106 Å². The number of anilines is 1. The van der Waals surface area contributed by atoms with Crippen molar-refractivity contribution in [3.63, 3.8) is 0 Å². The van der Waals surface area contributed by atoms with Gasteiger partial charge in [0, 0.05) is 43.8 Å². The van der Waals surface area contributed by atoms with Gasteiger partial charge in [0.15, 0.2) is 0 Å². The summed E-state index contributed by atoms with van der Waals surface area (Å²) in [6, 6.07) is 10.2. The van der Waals surface area contributed by atoms with E-state index in [0.29, 0.717) is 13.1 Å². The van der Waals surface area contributed by atoms with Crippen molar-refractivity contribution in [2.24, 2.45) is 4.99 Å². The van der Waals surface area contributed by atoms with E-state index in [4.69, 9.17) is 10.5 Å². The van der Waals surface area contributed by atoms with E-state index in [9.17, 15) is 4.79 Å². The second-order valence-corrected chi connectivity index (χ2v) is 11.4. The zero-order chi connectivity index (χ0) is 26.6. The van der Waals surface area contributed by atoms with Crippen LogP contribution in [0.15, 0.2) is 41.5 Å². The van der Waals surface area contributed by atoms with Crippen LogP contribution in [0.4, 0.5) is 10.7 Å². The van der Waals surface area contributed by atoms with Gasteiger partial charge in [-0.3, -0.25) is 4.99 Å². The van der Waals surface area contributed by atoms with Crippen LogP contribution in [-0.2, 0) is 30.7 Å². The Morgan fingerprint density at radius 3 is 2.68 bits per heavy atom. The smallest absolute Gasteiger partial charge is 0.410 e. The van der Waals surface area contributed by atoms with Gasteiger partial charge in [0.05, 0.1) is 10.6 Å². The number of rotatable bonds is 6. The molecule has 1 aliphatic rings. The van der Waals surface area contributed by atoms with Crippen molar-refractivity contribution in [1.29, 1.82) is 0 Å². The molecule has 4 rings (SSSR count). The van der Waals surface area contributed by atoms with Gasteiger partial charge in [-0.25, -0.2) is 14.8 Å². The van der Waals surface area contributed by atoms with E-state index >= 15 is 0 Å². The number of nitrogens with zero attached hydrogens (tertiary/aromatic N) is 4. The number of nitrogen functional groups attached to an aromatic ring is 1. The Labute approximate surface area is 223 Å². The lowest BCUT2D eigenvalue weighted by molar-refractivity contribution is 0.0284. The minimum Gasteiger partial charge on any atom is -0.444 e. The van der Waals surface area contributed by atoms with E-state index < -0.39 is 5.60 Å². The van der Waals surface area contributed by atoms with Crippen molar-refractivity contribution in [2.75, 3.05) is 19.8 Å². The highest BCUT2D eigenvalue weighted by atomic mass is 32.1.